The van der Waals surface area contributed by atoms with Crippen molar-refractivity contribution in [3.8, 4) is 0 Å². The summed E-state index contributed by atoms with van der Waals surface area (Å²) in [6.45, 7) is 38.0. The highest BCUT2D eigenvalue weighted by molar-refractivity contribution is 4.64. The van der Waals surface area contributed by atoms with E-state index in [2.05, 4.69) is 62.3 Å². The number of unbranched alkanes of at least 4 members (excludes halogenated alkanes) is 3. The third kappa shape index (κ3) is 96.9. The van der Waals surface area contributed by atoms with Crippen LogP contribution in [-0.2, 0) is 0 Å². The molecule has 0 aliphatic heterocycles. The molecule has 0 radical (unpaired) electrons. The highest BCUT2D eigenvalue weighted by Crippen LogP contribution is 2.27. The van der Waals surface area contributed by atoms with Crippen molar-refractivity contribution in [2.24, 2.45) is 29.5 Å². The van der Waals surface area contributed by atoms with Gasteiger partial charge in [-0.05, 0) is 29.5 Å². The Labute approximate surface area is 325 Å². The first-order chi connectivity index (χ1) is 25.5. The van der Waals surface area contributed by atoms with Crippen molar-refractivity contribution in [2.75, 3.05) is 0 Å². The number of hydrogen-bond donors (Lipinski definition) is 0. The van der Waals surface area contributed by atoms with E-state index in [1.165, 1.54) is 89.9 Å². The molecule has 0 saturated heterocycles. The molecule has 3 aliphatic carbocycles. The largest absolute Gasteiger partial charge is 0.0683 e. The molecule has 0 bridgehead atoms. The first-order valence-corrected chi connectivity index (χ1v) is 21.5. The summed E-state index contributed by atoms with van der Waals surface area (Å²) in [6.07, 6.45) is 22.6. The van der Waals surface area contributed by atoms with Crippen LogP contribution in [0.15, 0.2) is 0 Å². The normalized spacial score (nSPS) is 19.4. The fourth-order valence-corrected chi connectivity index (χ4v) is 4.11. The van der Waals surface area contributed by atoms with Crippen LogP contribution < -0.4 is 0 Å². The maximum atomic E-state index is 7.63. The Morgan fingerprint density at radius 2 is 0.729 bits per heavy atom. The molecule has 3 aliphatic rings. The van der Waals surface area contributed by atoms with Crippen molar-refractivity contribution >= 4 is 0 Å². The van der Waals surface area contributed by atoms with Crippen LogP contribution in [0.25, 0.3) is 0 Å². The molecule has 0 aromatic rings. The van der Waals surface area contributed by atoms with Gasteiger partial charge in [0.25, 0.3) is 0 Å². The summed E-state index contributed by atoms with van der Waals surface area (Å²) in [5.41, 5.74) is 0. The monoisotopic (exact) mass is 695 g/mol. The van der Waals surface area contributed by atoms with Gasteiger partial charge in [0.05, 0.1) is 0 Å². The average molecular weight is 695 g/mol. The lowest BCUT2D eigenvalue weighted by atomic mass is 9.88. The van der Waals surface area contributed by atoms with E-state index in [4.69, 9.17) is 11.0 Å². The molecular formula is C48H110. The SMILES string of the molecule is CC.CC(C)C.CCC.CCCC.CCCCC.[2H]C(C)(C)C.[2H]C([2H])(C)C1CCCC1.[2H]C([2H])(C)C1CCCCC1.[2H]C([2H])(C)CC.[2H]C1(C)CCCCC1. The molecule has 0 aromatic heterocycles. The van der Waals surface area contributed by atoms with Gasteiger partial charge in [-0.15, -0.1) is 0 Å². The molecule has 0 nitrogen and oxygen atoms in total. The van der Waals surface area contributed by atoms with E-state index in [-0.39, 0.29) is 11.8 Å². The fourth-order valence-electron chi connectivity index (χ4n) is 4.11. The van der Waals surface area contributed by atoms with Crippen LogP contribution in [0.5, 0.6) is 0 Å². The molecule has 0 spiro atoms. The fraction of sp³-hybridized carbons (Fsp3) is 1.00. The lowest BCUT2D eigenvalue weighted by molar-refractivity contribution is 0.349. The Morgan fingerprint density at radius 3 is 0.833 bits per heavy atom. The van der Waals surface area contributed by atoms with E-state index in [1.807, 2.05) is 48.5 Å². The molecule has 3 rings (SSSR count). The Bertz CT molecular complexity index is 665. The maximum absolute atomic E-state index is 7.63. The van der Waals surface area contributed by atoms with Gasteiger partial charge in [-0.1, -0.05) is 286 Å². The van der Waals surface area contributed by atoms with Gasteiger partial charge in [0, 0.05) is 11.0 Å². The van der Waals surface area contributed by atoms with E-state index in [0.29, 0.717) is 18.3 Å². The van der Waals surface area contributed by atoms with Gasteiger partial charge in [0.1, 0.15) is 0 Å². The molecule has 3 saturated carbocycles. The van der Waals surface area contributed by atoms with Gasteiger partial charge in [-0.2, -0.15) is 0 Å². The minimum atomic E-state index is -0.958. The van der Waals surface area contributed by atoms with E-state index < -0.39 is 19.1 Å². The predicted octanol–water partition coefficient (Wildman–Crippen LogP) is 19.7. The number of hydrogen-bond acceptors (Lipinski definition) is 0. The van der Waals surface area contributed by atoms with Crippen LogP contribution >= 0.6 is 0 Å². The van der Waals surface area contributed by atoms with Crippen molar-refractivity contribution in [1.29, 1.82) is 0 Å². The summed E-state index contributed by atoms with van der Waals surface area (Å²) in [7, 11) is 0. The molecule has 0 unspecified atom stereocenters. The zero-order chi connectivity index (χ0) is 46.1. The summed E-state index contributed by atoms with van der Waals surface area (Å²) >= 11 is 0. The zero-order valence-corrected chi connectivity index (χ0v) is 38.1. The molecule has 0 aromatic carbocycles. The minimum absolute atomic E-state index is 0.0712. The Hall–Kier alpha value is 0. The van der Waals surface area contributed by atoms with Crippen molar-refractivity contribution < 1.29 is 11.0 Å². The third-order valence-electron chi connectivity index (χ3n) is 7.04. The first kappa shape index (κ1) is 44.2. The molecule has 302 valence electrons. The minimum Gasteiger partial charge on any atom is -0.0683 e. The second-order valence-corrected chi connectivity index (χ2v) is 14.4. The second kappa shape index (κ2) is 65.4. The molecule has 0 amide bonds. The van der Waals surface area contributed by atoms with E-state index in [1.54, 1.807) is 20.8 Å². The van der Waals surface area contributed by atoms with Gasteiger partial charge in [0.2, 0.25) is 0 Å². The molecule has 0 heteroatoms. The van der Waals surface area contributed by atoms with Crippen LogP contribution in [-0.4, -0.2) is 0 Å². The topological polar surface area (TPSA) is 0 Å². The van der Waals surface area contributed by atoms with E-state index in [9.17, 15) is 0 Å². The van der Waals surface area contributed by atoms with Crippen LogP contribution in [0.1, 0.15) is 296 Å². The van der Waals surface area contributed by atoms with Crippen molar-refractivity contribution in [1.82, 2.24) is 0 Å². The Balaban J connectivity index is -0.0000000984. The molecule has 0 N–H and O–H groups in total. The van der Waals surface area contributed by atoms with Crippen LogP contribution in [0.2, 0.25) is 0 Å². The van der Waals surface area contributed by atoms with Gasteiger partial charge >= 0.3 is 0 Å². The quantitative estimate of drug-likeness (QED) is 0.260. The van der Waals surface area contributed by atoms with Gasteiger partial charge < -0.3 is 0 Å². The summed E-state index contributed by atoms with van der Waals surface area (Å²) < 4.78 is 58.0. The molecule has 48 heavy (non-hydrogen) atoms. The van der Waals surface area contributed by atoms with Gasteiger partial charge in [-0.3, -0.25) is 0 Å². The summed E-state index contributed by atoms with van der Waals surface area (Å²) in [5, 5.41) is 0. The van der Waals surface area contributed by atoms with Crippen molar-refractivity contribution in [3.05, 3.63) is 0 Å². The van der Waals surface area contributed by atoms with Crippen LogP contribution in [0.4, 0.5) is 0 Å². The predicted molar refractivity (Wildman–Crippen MR) is 236 cm³/mol. The van der Waals surface area contributed by atoms with Gasteiger partial charge in [-0.25, -0.2) is 0 Å². The highest BCUT2D eigenvalue weighted by Gasteiger charge is 2.11. The summed E-state index contributed by atoms with van der Waals surface area (Å²) in [4.78, 5) is 0. The van der Waals surface area contributed by atoms with E-state index in [0.717, 1.165) is 44.4 Å². The van der Waals surface area contributed by atoms with Gasteiger partial charge in [0.15, 0.2) is 0 Å². The maximum Gasteiger partial charge on any atom is 0.0300 e. The number of rotatable bonds is 6. The summed E-state index contributed by atoms with van der Waals surface area (Å²) in [5.74, 6) is 1.19. The smallest absolute Gasteiger partial charge is 0.0300 e. The highest BCUT2D eigenvalue weighted by atomic mass is 14.2. The standard InChI is InChI=1S/C8H16.2C7H14.C5H12.4C4H10.C3H8.C2H6/c1-2-8-6-4-3-5-7-8;1-7-5-3-2-4-6-7;1-2-7-5-3-4-6-7;1-3-5-4-2;2*1-4(2)3;2*1-3-4-2;1-3-2;1-2/h8H,2-7H2,1H3;2*7H,2-6H2,1H3;3-5H2,1-2H3;2*4H,1-3H3;2*3-4H2,1-2H3;3H2,1-2H3;1-2H3/i2D2;7D;2D2;;4D;;3D2;;;. The van der Waals surface area contributed by atoms with Crippen molar-refractivity contribution in [3.63, 3.8) is 0 Å². The Morgan fingerprint density at radius 1 is 0.500 bits per heavy atom. The summed E-state index contributed by atoms with van der Waals surface area (Å²) in [6, 6.07) is 0. The molecule has 3 fully saturated rings. The molecular weight excluding hydrogens is 577 g/mol. The lowest BCUT2D eigenvalue weighted by Crippen LogP contribution is -2.03. The zero-order valence-electron chi connectivity index (χ0n) is 46.1. The lowest BCUT2D eigenvalue weighted by Gasteiger charge is -2.18. The van der Waals surface area contributed by atoms with E-state index >= 15 is 0 Å². The second-order valence-electron chi connectivity index (χ2n) is 14.4. The first-order valence-electron chi connectivity index (χ1n) is 25.5. The van der Waals surface area contributed by atoms with Crippen LogP contribution in [0, 0.1) is 29.5 Å². The molecule has 0 atom stereocenters. The Kier molecular flexibility index (Phi) is 60.2. The average Bonchev–Trinajstić information content (AvgIpc) is 3.63. The molecule has 0 heterocycles. The van der Waals surface area contributed by atoms with Crippen molar-refractivity contribution in [2.45, 2.75) is 286 Å². The third-order valence-corrected chi connectivity index (χ3v) is 7.04. The van der Waals surface area contributed by atoms with Crippen LogP contribution in [0.3, 0.4) is 0 Å².